The number of methoxy groups -OCH3 is 1. The standard InChI is InChI=1S/C17H16N4O3/c1-24-15-6-5-12(4-2-9-22)10-14(15)20-17(23)13-11-19-21-8-3-7-18-16(13)21/h2-8,10-11,22H,9H2,1H3,(H,20,23). The molecule has 7 heteroatoms. The van der Waals surface area contributed by atoms with Gasteiger partial charge >= 0.3 is 0 Å². The van der Waals surface area contributed by atoms with E-state index in [-0.39, 0.29) is 12.5 Å². The van der Waals surface area contributed by atoms with Crippen LogP contribution in [0.4, 0.5) is 5.69 Å². The molecule has 1 amide bonds. The summed E-state index contributed by atoms with van der Waals surface area (Å²) in [4.78, 5) is 16.7. The molecule has 7 nitrogen and oxygen atoms in total. The minimum atomic E-state index is -0.328. The van der Waals surface area contributed by atoms with Crippen LogP contribution in [0.3, 0.4) is 0 Å². The Morgan fingerprint density at radius 1 is 1.46 bits per heavy atom. The molecular formula is C17H16N4O3. The molecule has 0 aliphatic carbocycles. The Kier molecular flexibility index (Phi) is 4.53. The number of amides is 1. The van der Waals surface area contributed by atoms with Gasteiger partial charge in [-0.2, -0.15) is 5.10 Å². The first-order valence-corrected chi connectivity index (χ1v) is 7.28. The predicted molar refractivity (Wildman–Crippen MR) is 90.1 cm³/mol. The number of aromatic nitrogens is 3. The van der Waals surface area contributed by atoms with Crippen molar-refractivity contribution in [3.63, 3.8) is 0 Å². The van der Waals surface area contributed by atoms with Crippen molar-refractivity contribution >= 4 is 23.3 Å². The van der Waals surface area contributed by atoms with E-state index in [1.807, 2.05) is 6.07 Å². The van der Waals surface area contributed by atoms with Crippen molar-refractivity contribution < 1.29 is 14.6 Å². The molecule has 2 aromatic heterocycles. The van der Waals surface area contributed by atoms with Crippen molar-refractivity contribution in [3.05, 3.63) is 60.1 Å². The fourth-order valence-electron chi connectivity index (χ4n) is 2.29. The van der Waals surface area contributed by atoms with Gasteiger partial charge in [-0.25, -0.2) is 9.50 Å². The van der Waals surface area contributed by atoms with Crippen molar-refractivity contribution in [2.24, 2.45) is 0 Å². The van der Waals surface area contributed by atoms with Crippen LogP contribution in [0.1, 0.15) is 15.9 Å². The van der Waals surface area contributed by atoms with Gasteiger partial charge in [0.2, 0.25) is 0 Å². The van der Waals surface area contributed by atoms with Gasteiger partial charge in [0, 0.05) is 12.4 Å². The van der Waals surface area contributed by atoms with Crippen LogP contribution in [0.2, 0.25) is 0 Å². The number of hydrogen-bond donors (Lipinski definition) is 2. The zero-order valence-electron chi connectivity index (χ0n) is 13.0. The Morgan fingerprint density at radius 3 is 3.12 bits per heavy atom. The molecular weight excluding hydrogens is 308 g/mol. The zero-order valence-corrected chi connectivity index (χ0v) is 13.0. The van der Waals surface area contributed by atoms with E-state index in [1.54, 1.807) is 42.7 Å². The Bertz CT molecular complexity index is 902. The molecule has 2 N–H and O–H groups in total. The number of carbonyl (C=O) groups is 1. The van der Waals surface area contributed by atoms with E-state index in [0.29, 0.717) is 22.6 Å². The maximum atomic E-state index is 12.6. The smallest absolute Gasteiger partial charge is 0.261 e. The van der Waals surface area contributed by atoms with E-state index < -0.39 is 0 Å². The molecule has 0 atom stereocenters. The predicted octanol–water partition coefficient (Wildman–Crippen LogP) is 2.00. The molecule has 0 radical (unpaired) electrons. The van der Waals surface area contributed by atoms with Gasteiger partial charge in [0.05, 0.1) is 25.6 Å². The molecule has 0 aliphatic rings. The van der Waals surface area contributed by atoms with Gasteiger partial charge in [0.1, 0.15) is 11.3 Å². The van der Waals surface area contributed by atoms with Crippen molar-refractivity contribution in [1.82, 2.24) is 14.6 Å². The van der Waals surface area contributed by atoms with Gasteiger partial charge in [-0.1, -0.05) is 18.2 Å². The third-order valence-electron chi connectivity index (χ3n) is 3.41. The topological polar surface area (TPSA) is 88.8 Å². The van der Waals surface area contributed by atoms with Crippen LogP contribution < -0.4 is 10.1 Å². The van der Waals surface area contributed by atoms with Crippen molar-refractivity contribution in [2.75, 3.05) is 19.0 Å². The molecule has 3 aromatic rings. The summed E-state index contributed by atoms with van der Waals surface area (Å²) in [6, 6.07) is 7.09. The highest BCUT2D eigenvalue weighted by Gasteiger charge is 2.15. The van der Waals surface area contributed by atoms with Gasteiger partial charge in [0.25, 0.3) is 5.91 Å². The monoisotopic (exact) mass is 324 g/mol. The third-order valence-corrected chi connectivity index (χ3v) is 3.41. The van der Waals surface area contributed by atoms with Crippen LogP contribution in [0, 0.1) is 0 Å². The lowest BCUT2D eigenvalue weighted by atomic mass is 10.1. The zero-order chi connectivity index (χ0) is 16.9. The first-order valence-electron chi connectivity index (χ1n) is 7.28. The molecule has 0 fully saturated rings. The van der Waals surface area contributed by atoms with Crippen LogP contribution in [0.25, 0.3) is 11.7 Å². The summed E-state index contributed by atoms with van der Waals surface area (Å²) in [6.45, 7) is -0.0538. The SMILES string of the molecule is COc1ccc(C=CCO)cc1NC(=O)c1cnn2cccnc12. The van der Waals surface area contributed by atoms with Gasteiger partial charge in [-0.05, 0) is 23.8 Å². The fraction of sp³-hybridized carbons (Fsp3) is 0.118. The van der Waals surface area contributed by atoms with Gasteiger partial charge in [-0.3, -0.25) is 4.79 Å². The maximum absolute atomic E-state index is 12.6. The summed E-state index contributed by atoms with van der Waals surface area (Å²) in [6.07, 6.45) is 8.17. The van der Waals surface area contributed by atoms with Crippen LogP contribution >= 0.6 is 0 Å². The molecule has 122 valence electrons. The highest BCUT2D eigenvalue weighted by molar-refractivity contribution is 6.08. The molecule has 3 rings (SSSR count). The number of aliphatic hydroxyl groups excluding tert-OH is 1. The van der Waals surface area contributed by atoms with Crippen molar-refractivity contribution in [1.29, 1.82) is 0 Å². The van der Waals surface area contributed by atoms with E-state index in [0.717, 1.165) is 5.56 Å². The first-order chi connectivity index (χ1) is 11.7. The summed E-state index contributed by atoms with van der Waals surface area (Å²) < 4.78 is 6.82. The minimum Gasteiger partial charge on any atom is -0.495 e. The van der Waals surface area contributed by atoms with Gasteiger partial charge < -0.3 is 15.2 Å². The van der Waals surface area contributed by atoms with Gasteiger partial charge in [-0.15, -0.1) is 0 Å². The second-order valence-electron chi connectivity index (χ2n) is 4.94. The molecule has 24 heavy (non-hydrogen) atoms. The van der Waals surface area contributed by atoms with Crippen molar-refractivity contribution in [2.45, 2.75) is 0 Å². The average molecular weight is 324 g/mol. The molecule has 0 spiro atoms. The lowest BCUT2D eigenvalue weighted by Gasteiger charge is -2.10. The molecule has 0 aliphatic heterocycles. The van der Waals surface area contributed by atoms with E-state index in [2.05, 4.69) is 15.4 Å². The van der Waals surface area contributed by atoms with E-state index in [4.69, 9.17) is 9.84 Å². The maximum Gasteiger partial charge on any atom is 0.261 e. The van der Waals surface area contributed by atoms with Crippen LogP contribution in [0.5, 0.6) is 5.75 Å². The average Bonchev–Trinajstić information content (AvgIpc) is 3.04. The van der Waals surface area contributed by atoms with E-state index in [9.17, 15) is 4.79 Å². The summed E-state index contributed by atoms with van der Waals surface area (Å²) >= 11 is 0. The Balaban J connectivity index is 1.92. The number of rotatable bonds is 5. The lowest BCUT2D eigenvalue weighted by molar-refractivity contribution is 0.102. The highest BCUT2D eigenvalue weighted by Crippen LogP contribution is 2.27. The number of carbonyl (C=O) groups excluding carboxylic acids is 1. The number of hydrogen-bond acceptors (Lipinski definition) is 5. The van der Waals surface area contributed by atoms with Crippen LogP contribution in [-0.2, 0) is 0 Å². The molecule has 0 unspecified atom stereocenters. The largest absolute Gasteiger partial charge is 0.495 e. The second kappa shape index (κ2) is 6.93. The number of ether oxygens (including phenoxy) is 1. The normalized spacial score (nSPS) is 11.1. The summed E-state index contributed by atoms with van der Waals surface area (Å²) in [5, 5.41) is 15.8. The van der Waals surface area contributed by atoms with Crippen LogP contribution in [-0.4, -0.2) is 39.3 Å². The molecule has 0 bridgehead atoms. The van der Waals surface area contributed by atoms with E-state index >= 15 is 0 Å². The van der Waals surface area contributed by atoms with Gasteiger partial charge in [0.15, 0.2) is 5.65 Å². The quantitative estimate of drug-likeness (QED) is 0.749. The summed E-state index contributed by atoms with van der Waals surface area (Å²) in [5.74, 6) is 0.208. The molecule has 2 heterocycles. The first kappa shape index (κ1) is 15.7. The molecule has 0 saturated carbocycles. The number of nitrogens with one attached hydrogen (secondary N) is 1. The van der Waals surface area contributed by atoms with E-state index in [1.165, 1.54) is 17.8 Å². The highest BCUT2D eigenvalue weighted by atomic mass is 16.5. The molecule has 1 aromatic carbocycles. The third kappa shape index (κ3) is 3.11. The Hall–Kier alpha value is -3.19. The van der Waals surface area contributed by atoms with Crippen molar-refractivity contribution in [3.8, 4) is 5.75 Å². The number of fused-ring (bicyclic) bond motifs is 1. The number of aliphatic hydroxyl groups is 1. The Morgan fingerprint density at radius 2 is 2.33 bits per heavy atom. The Labute approximate surface area is 138 Å². The molecule has 0 saturated heterocycles. The summed E-state index contributed by atoms with van der Waals surface area (Å²) in [5.41, 5.74) is 2.20. The number of anilines is 1. The minimum absolute atomic E-state index is 0.0538. The second-order valence-corrected chi connectivity index (χ2v) is 4.94. The fourth-order valence-corrected chi connectivity index (χ4v) is 2.29. The number of benzene rings is 1. The summed E-state index contributed by atoms with van der Waals surface area (Å²) in [7, 11) is 1.53. The number of nitrogens with zero attached hydrogens (tertiary/aromatic N) is 3. The van der Waals surface area contributed by atoms with Crippen LogP contribution in [0.15, 0.2) is 48.9 Å². The lowest BCUT2D eigenvalue weighted by Crippen LogP contribution is -2.13.